The second-order valence-corrected chi connectivity index (χ2v) is 6.46. The number of hydrogen-bond acceptors (Lipinski definition) is 5. The first-order valence-electron chi connectivity index (χ1n) is 9.01. The third-order valence-electron chi connectivity index (χ3n) is 4.71. The Balaban J connectivity index is 1.63. The van der Waals surface area contributed by atoms with E-state index >= 15 is 0 Å². The lowest BCUT2D eigenvalue weighted by Crippen LogP contribution is -2.49. The minimum Gasteiger partial charge on any atom is -0.494 e. The molecule has 0 N–H and O–H groups in total. The topological polar surface area (TPSA) is 75.9 Å². The zero-order valence-electron chi connectivity index (χ0n) is 15.6. The van der Waals surface area contributed by atoms with E-state index in [-0.39, 0.29) is 16.5 Å². The van der Waals surface area contributed by atoms with Gasteiger partial charge < -0.3 is 14.5 Å². The van der Waals surface area contributed by atoms with Gasteiger partial charge in [0.15, 0.2) is 0 Å². The van der Waals surface area contributed by atoms with E-state index in [4.69, 9.17) is 4.74 Å². The van der Waals surface area contributed by atoms with Crippen LogP contribution in [0, 0.1) is 17.0 Å². The summed E-state index contributed by atoms with van der Waals surface area (Å²) in [6.45, 7) is 7.01. The summed E-state index contributed by atoms with van der Waals surface area (Å²) in [6.07, 6.45) is 0. The molecule has 0 bridgehead atoms. The molecule has 1 fully saturated rings. The van der Waals surface area contributed by atoms with E-state index in [9.17, 15) is 14.9 Å². The van der Waals surface area contributed by atoms with Crippen LogP contribution in [0.25, 0.3) is 0 Å². The molecule has 0 aliphatic carbocycles. The lowest BCUT2D eigenvalue weighted by atomic mass is 10.1. The van der Waals surface area contributed by atoms with Crippen molar-refractivity contribution >= 4 is 17.3 Å². The summed E-state index contributed by atoms with van der Waals surface area (Å²) in [5.74, 6) is 0.769. The molecular weight excluding hydrogens is 346 g/mol. The standard InChI is InChI=1S/C20H23N3O4/c1-3-27-18-7-4-16(5-8-18)20(24)22-12-10-21(11-13-22)19-9-6-17(23(25)26)14-15(19)2/h4-9,14H,3,10-13H2,1-2H3. The van der Waals surface area contributed by atoms with E-state index in [1.165, 1.54) is 6.07 Å². The number of benzene rings is 2. The van der Waals surface area contributed by atoms with Gasteiger partial charge in [-0.1, -0.05) is 0 Å². The Morgan fingerprint density at radius 3 is 2.33 bits per heavy atom. The van der Waals surface area contributed by atoms with E-state index < -0.39 is 0 Å². The highest BCUT2D eigenvalue weighted by atomic mass is 16.6. The van der Waals surface area contributed by atoms with Crippen molar-refractivity contribution in [2.75, 3.05) is 37.7 Å². The van der Waals surface area contributed by atoms with Crippen LogP contribution in [0.1, 0.15) is 22.8 Å². The number of hydrogen-bond donors (Lipinski definition) is 0. The normalized spacial score (nSPS) is 14.1. The summed E-state index contributed by atoms with van der Waals surface area (Å²) in [6, 6.07) is 12.1. The maximum Gasteiger partial charge on any atom is 0.269 e. The Hall–Kier alpha value is -3.09. The molecule has 27 heavy (non-hydrogen) atoms. The number of carbonyl (C=O) groups excluding carboxylic acids is 1. The van der Waals surface area contributed by atoms with Crippen LogP contribution in [0.4, 0.5) is 11.4 Å². The Morgan fingerprint density at radius 1 is 1.11 bits per heavy atom. The second-order valence-electron chi connectivity index (χ2n) is 6.46. The van der Waals surface area contributed by atoms with Gasteiger partial charge in [0.25, 0.3) is 11.6 Å². The van der Waals surface area contributed by atoms with Gasteiger partial charge in [-0.2, -0.15) is 0 Å². The van der Waals surface area contributed by atoms with Crippen LogP contribution in [0.3, 0.4) is 0 Å². The fourth-order valence-corrected chi connectivity index (χ4v) is 3.30. The van der Waals surface area contributed by atoms with Crippen LogP contribution in [0.5, 0.6) is 5.75 Å². The van der Waals surface area contributed by atoms with E-state index in [1.54, 1.807) is 24.3 Å². The molecular formula is C20H23N3O4. The lowest BCUT2D eigenvalue weighted by molar-refractivity contribution is -0.384. The minimum atomic E-state index is -0.385. The number of piperazine rings is 1. The Labute approximate surface area is 158 Å². The van der Waals surface area contributed by atoms with Crippen molar-refractivity contribution < 1.29 is 14.5 Å². The zero-order valence-corrected chi connectivity index (χ0v) is 15.6. The van der Waals surface area contributed by atoms with Crippen LogP contribution in [0.2, 0.25) is 0 Å². The molecule has 3 rings (SSSR count). The van der Waals surface area contributed by atoms with Gasteiger partial charge in [-0.15, -0.1) is 0 Å². The summed E-state index contributed by atoms with van der Waals surface area (Å²) >= 11 is 0. The maximum atomic E-state index is 12.7. The predicted molar refractivity (Wildman–Crippen MR) is 104 cm³/mol. The Bertz CT molecular complexity index is 828. The number of anilines is 1. The smallest absolute Gasteiger partial charge is 0.269 e. The molecule has 7 nitrogen and oxygen atoms in total. The van der Waals surface area contributed by atoms with Gasteiger partial charge in [-0.05, 0) is 49.7 Å². The first kappa shape index (κ1) is 18.7. The summed E-state index contributed by atoms with van der Waals surface area (Å²) in [7, 11) is 0. The van der Waals surface area contributed by atoms with Crippen molar-refractivity contribution in [3.63, 3.8) is 0 Å². The predicted octanol–water partition coefficient (Wildman–Crippen LogP) is 3.26. The third kappa shape index (κ3) is 4.19. The highest BCUT2D eigenvalue weighted by molar-refractivity contribution is 5.94. The first-order chi connectivity index (χ1) is 13.0. The highest BCUT2D eigenvalue weighted by Gasteiger charge is 2.23. The number of nitrogens with zero attached hydrogens (tertiary/aromatic N) is 3. The van der Waals surface area contributed by atoms with Crippen molar-refractivity contribution in [3.8, 4) is 5.75 Å². The van der Waals surface area contributed by atoms with Gasteiger partial charge in [0, 0.05) is 49.6 Å². The summed E-state index contributed by atoms with van der Waals surface area (Å²) in [5, 5.41) is 10.9. The van der Waals surface area contributed by atoms with Gasteiger partial charge in [0.05, 0.1) is 11.5 Å². The molecule has 2 aromatic carbocycles. The molecule has 7 heteroatoms. The average molecular weight is 369 g/mol. The molecule has 1 aliphatic heterocycles. The van der Waals surface area contributed by atoms with Gasteiger partial charge in [0.2, 0.25) is 0 Å². The molecule has 0 aromatic heterocycles. The van der Waals surface area contributed by atoms with Gasteiger partial charge >= 0.3 is 0 Å². The number of nitro benzene ring substituents is 1. The van der Waals surface area contributed by atoms with E-state index in [1.807, 2.05) is 30.9 Å². The molecule has 0 radical (unpaired) electrons. The highest BCUT2D eigenvalue weighted by Crippen LogP contribution is 2.26. The molecule has 0 unspecified atom stereocenters. The number of carbonyl (C=O) groups is 1. The lowest BCUT2D eigenvalue weighted by Gasteiger charge is -2.36. The first-order valence-corrected chi connectivity index (χ1v) is 9.01. The summed E-state index contributed by atoms with van der Waals surface area (Å²) in [5.41, 5.74) is 2.60. The number of rotatable bonds is 5. The van der Waals surface area contributed by atoms with Crippen molar-refractivity contribution in [1.29, 1.82) is 0 Å². The van der Waals surface area contributed by atoms with Crippen molar-refractivity contribution in [1.82, 2.24) is 4.90 Å². The molecule has 142 valence electrons. The number of non-ortho nitro benzene ring substituents is 1. The number of aryl methyl sites for hydroxylation is 1. The minimum absolute atomic E-state index is 0.0121. The van der Waals surface area contributed by atoms with Crippen LogP contribution in [-0.2, 0) is 0 Å². The third-order valence-corrected chi connectivity index (χ3v) is 4.71. The van der Waals surface area contributed by atoms with E-state index in [2.05, 4.69) is 4.90 Å². The molecule has 1 amide bonds. The molecule has 0 atom stereocenters. The van der Waals surface area contributed by atoms with Crippen molar-refractivity contribution in [3.05, 3.63) is 63.7 Å². The van der Waals surface area contributed by atoms with Gasteiger partial charge in [-0.3, -0.25) is 14.9 Å². The zero-order chi connectivity index (χ0) is 19.4. The molecule has 1 aliphatic rings. The number of amides is 1. The molecule has 1 saturated heterocycles. The van der Waals surface area contributed by atoms with E-state index in [0.717, 1.165) is 17.0 Å². The maximum absolute atomic E-state index is 12.7. The Kier molecular flexibility index (Phi) is 5.59. The molecule has 1 heterocycles. The fraction of sp³-hybridized carbons (Fsp3) is 0.350. The SMILES string of the molecule is CCOc1ccc(C(=O)N2CCN(c3ccc([N+](=O)[O-])cc3C)CC2)cc1. The van der Waals surface area contributed by atoms with Gasteiger partial charge in [-0.25, -0.2) is 0 Å². The second kappa shape index (κ2) is 8.07. The average Bonchev–Trinajstić information content (AvgIpc) is 2.68. The number of ether oxygens (including phenoxy) is 1. The fourth-order valence-electron chi connectivity index (χ4n) is 3.30. The van der Waals surface area contributed by atoms with Crippen LogP contribution < -0.4 is 9.64 Å². The van der Waals surface area contributed by atoms with Crippen LogP contribution in [-0.4, -0.2) is 48.5 Å². The number of nitro groups is 1. The largest absolute Gasteiger partial charge is 0.494 e. The Morgan fingerprint density at radius 2 is 1.78 bits per heavy atom. The van der Waals surface area contributed by atoms with Crippen LogP contribution >= 0.6 is 0 Å². The van der Waals surface area contributed by atoms with E-state index in [0.29, 0.717) is 38.3 Å². The van der Waals surface area contributed by atoms with Crippen molar-refractivity contribution in [2.45, 2.75) is 13.8 Å². The van der Waals surface area contributed by atoms with Gasteiger partial charge in [0.1, 0.15) is 5.75 Å². The molecule has 0 spiro atoms. The van der Waals surface area contributed by atoms with Crippen molar-refractivity contribution in [2.24, 2.45) is 0 Å². The molecule has 2 aromatic rings. The monoisotopic (exact) mass is 369 g/mol. The van der Waals surface area contributed by atoms with Crippen LogP contribution in [0.15, 0.2) is 42.5 Å². The summed E-state index contributed by atoms with van der Waals surface area (Å²) < 4.78 is 5.41. The quantitative estimate of drug-likeness (QED) is 0.597. The summed E-state index contributed by atoms with van der Waals surface area (Å²) in [4.78, 5) is 27.2. The molecule has 0 saturated carbocycles.